The lowest BCUT2D eigenvalue weighted by Gasteiger charge is -2.05. The third kappa shape index (κ3) is 1.97. The van der Waals surface area contributed by atoms with Crippen LogP contribution < -0.4 is 5.32 Å². The van der Waals surface area contributed by atoms with Crippen LogP contribution in [-0.4, -0.2) is 25.7 Å². The number of carbonyl (C=O) groups is 1. The second-order valence-electron chi connectivity index (χ2n) is 4.19. The maximum absolute atomic E-state index is 11.8. The lowest BCUT2D eigenvalue weighted by Crippen LogP contribution is -2.25. The van der Waals surface area contributed by atoms with Gasteiger partial charge in [0.15, 0.2) is 5.82 Å². The number of rotatable bonds is 3. The quantitative estimate of drug-likeness (QED) is 0.854. The molecule has 18 heavy (non-hydrogen) atoms. The summed E-state index contributed by atoms with van der Waals surface area (Å²) in [5.41, 5.74) is 0.415. The topological polar surface area (TPSA) is 72.7 Å². The van der Waals surface area contributed by atoms with E-state index in [4.69, 9.17) is 0 Å². The maximum atomic E-state index is 11.8. The minimum atomic E-state index is -0.189. The Morgan fingerprint density at radius 3 is 3.17 bits per heavy atom. The number of hydrogen-bond acceptors (Lipinski definition) is 4. The summed E-state index contributed by atoms with van der Waals surface area (Å²) in [6, 6.07) is 5.25. The normalized spacial score (nSPS) is 13.3. The highest BCUT2D eigenvalue weighted by molar-refractivity contribution is 5.92. The summed E-state index contributed by atoms with van der Waals surface area (Å²) in [7, 11) is 0. The first-order chi connectivity index (χ1) is 8.84. The molecule has 2 aromatic heterocycles. The minimum Gasteiger partial charge on any atom is -0.343 e. The van der Waals surface area contributed by atoms with Gasteiger partial charge in [-0.25, -0.2) is 0 Å². The Hall–Kier alpha value is -2.24. The molecule has 1 aliphatic heterocycles. The monoisotopic (exact) mass is 243 g/mol. The molecule has 0 saturated heterocycles. The third-order valence-corrected chi connectivity index (χ3v) is 2.99. The first kappa shape index (κ1) is 10.9. The molecule has 1 aliphatic rings. The van der Waals surface area contributed by atoms with Crippen LogP contribution in [0.15, 0.2) is 24.4 Å². The Kier molecular flexibility index (Phi) is 2.76. The predicted octanol–water partition coefficient (Wildman–Crippen LogP) is 0.549. The number of nitrogens with one attached hydrogen (secondary N) is 1. The van der Waals surface area contributed by atoms with Crippen molar-refractivity contribution in [1.82, 2.24) is 25.1 Å². The van der Waals surface area contributed by atoms with E-state index in [1.165, 1.54) is 0 Å². The number of amides is 1. The molecule has 0 radical (unpaired) electrons. The Bertz CT molecular complexity index is 563. The molecular weight excluding hydrogens is 230 g/mol. The van der Waals surface area contributed by atoms with Crippen LogP contribution in [0, 0.1) is 0 Å². The molecule has 1 N–H and O–H groups in total. The smallest absolute Gasteiger partial charge is 0.270 e. The van der Waals surface area contributed by atoms with E-state index < -0.39 is 0 Å². The van der Waals surface area contributed by atoms with Crippen molar-refractivity contribution in [3.63, 3.8) is 0 Å². The number of pyridine rings is 1. The molecule has 2 aromatic rings. The van der Waals surface area contributed by atoms with E-state index in [-0.39, 0.29) is 5.91 Å². The summed E-state index contributed by atoms with van der Waals surface area (Å²) in [6.07, 6.45) is 3.68. The summed E-state index contributed by atoms with van der Waals surface area (Å²) >= 11 is 0. The van der Waals surface area contributed by atoms with Gasteiger partial charge in [-0.1, -0.05) is 6.07 Å². The summed E-state index contributed by atoms with van der Waals surface area (Å²) < 4.78 is 2.07. The van der Waals surface area contributed by atoms with Gasteiger partial charge in [0.2, 0.25) is 0 Å². The van der Waals surface area contributed by atoms with Crippen LogP contribution in [-0.2, 0) is 19.5 Å². The van der Waals surface area contributed by atoms with Crippen LogP contribution in [0.5, 0.6) is 0 Å². The zero-order valence-electron chi connectivity index (χ0n) is 9.83. The number of nitrogens with zero attached hydrogens (tertiary/aromatic N) is 4. The van der Waals surface area contributed by atoms with Crippen molar-refractivity contribution in [2.45, 2.75) is 25.9 Å². The zero-order chi connectivity index (χ0) is 12.4. The highest BCUT2D eigenvalue weighted by atomic mass is 16.1. The second-order valence-corrected chi connectivity index (χ2v) is 4.19. The fourth-order valence-corrected chi connectivity index (χ4v) is 2.09. The molecule has 0 bridgehead atoms. The van der Waals surface area contributed by atoms with E-state index in [0.29, 0.717) is 12.2 Å². The molecule has 0 unspecified atom stereocenters. The first-order valence-corrected chi connectivity index (χ1v) is 5.95. The molecule has 0 atom stereocenters. The largest absolute Gasteiger partial charge is 0.343 e. The van der Waals surface area contributed by atoms with Crippen LogP contribution >= 0.6 is 0 Å². The highest BCUT2D eigenvalue weighted by Gasteiger charge is 2.17. The van der Waals surface area contributed by atoms with Gasteiger partial charge in [0.1, 0.15) is 11.5 Å². The van der Waals surface area contributed by atoms with Crippen molar-refractivity contribution in [1.29, 1.82) is 0 Å². The number of fused-ring (bicyclic) bond motifs is 1. The van der Waals surface area contributed by atoms with Crippen LogP contribution in [0.4, 0.5) is 0 Å². The van der Waals surface area contributed by atoms with Gasteiger partial charge in [0.25, 0.3) is 5.91 Å². The lowest BCUT2D eigenvalue weighted by molar-refractivity contribution is 0.0944. The SMILES string of the molecule is O=C(NCc1nnc2n1CCC2)c1ccccn1. The summed E-state index contributed by atoms with van der Waals surface area (Å²) in [5.74, 6) is 1.63. The number of hydrogen-bond donors (Lipinski definition) is 1. The van der Waals surface area contributed by atoms with E-state index >= 15 is 0 Å². The van der Waals surface area contributed by atoms with Crippen molar-refractivity contribution in [3.05, 3.63) is 41.7 Å². The standard InChI is InChI=1S/C12H13N5O/c18-12(9-4-1-2-6-13-9)14-8-11-16-15-10-5-3-7-17(10)11/h1-2,4,6H,3,5,7-8H2,(H,14,18). The van der Waals surface area contributed by atoms with Gasteiger partial charge in [0.05, 0.1) is 6.54 Å². The van der Waals surface area contributed by atoms with Gasteiger partial charge in [-0.05, 0) is 18.6 Å². The second kappa shape index (κ2) is 4.56. The van der Waals surface area contributed by atoms with Gasteiger partial charge in [0, 0.05) is 19.2 Å². The molecule has 92 valence electrons. The number of aromatic nitrogens is 4. The zero-order valence-corrected chi connectivity index (χ0v) is 9.83. The van der Waals surface area contributed by atoms with E-state index in [9.17, 15) is 4.79 Å². The van der Waals surface area contributed by atoms with Crippen molar-refractivity contribution in [2.24, 2.45) is 0 Å². The average Bonchev–Trinajstić information content (AvgIpc) is 3.00. The predicted molar refractivity (Wildman–Crippen MR) is 63.8 cm³/mol. The Balaban J connectivity index is 1.66. The van der Waals surface area contributed by atoms with Crippen molar-refractivity contribution >= 4 is 5.91 Å². The molecule has 1 amide bonds. The van der Waals surface area contributed by atoms with E-state index in [1.54, 1.807) is 24.4 Å². The Morgan fingerprint density at radius 2 is 2.33 bits per heavy atom. The molecule has 0 spiro atoms. The molecule has 0 aromatic carbocycles. The Labute approximate surface area is 104 Å². The molecule has 0 fully saturated rings. The molecule has 6 nitrogen and oxygen atoms in total. The summed E-state index contributed by atoms with van der Waals surface area (Å²) in [5, 5.41) is 11.0. The van der Waals surface area contributed by atoms with E-state index in [0.717, 1.165) is 31.0 Å². The Morgan fingerprint density at radius 1 is 1.39 bits per heavy atom. The molecule has 3 rings (SSSR count). The minimum absolute atomic E-state index is 0.189. The molecule has 3 heterocycles. The number of aryl methyl sites for hydroxylation is 1. The van der Waals surface area contributed by atoms with Crippen LogP contribution in [0.25, 0.3) is 0 Å². The van der Waals surface area contributed by atoms with Crippen molar-refractivity contribution < 1.29 is 4.79 Å². The highest BCUT2D eigenvalue weighted by Crippen LogP contribution is 2.13. The fraction of sp³-hybridized carbons (Fsp3) is 0.333. The van der Waals surface area contributed by atoms with Crippen molar-refractivity contribution in [2.75, 3.05) is 0 Å². The van der Waals surface area contributed by atoms with Gasteiger partial charge in [-0.3, -0.25) is 9.78 Å². The van der Waals surface area contributed by atoms with E-state index in [1.807, 2.05) is 0 Å². The van der Waals surface area contributed by atoms with Gasteiger partial charge in [-0.2, -0.15) is 0 Å². The third-order valence-electron chi connectivity index (χ3n) is 2.99. The first-order valence-electron chi connectivity index (χ1n) is 5.95. The lowest BCUT2D eigenvalue weighted by atomic mass is 10.3. The van der Waals surface area contributed by atoms with Crippen LogP contribution in [0.1, 0.15) is 28.6 Å². The molecular formula is C12H13N5O. The average molecular weight is 243 g/mol. The summed E-state index contributed by atoms with van der Waals surface area (Å²) in [4.78, 5) is 15.8. The number of carbonyl (C=O) groups excluding carboxylic acids is 1. The molecule has 6 heteroatoms. The van der Waals surface area contributed by atoms with Gasteiger partial charge >= 0.3 is 0 Å². The van der Waals surface area contributed by atoms with E-state index in [2.05, 4.69) is 25.1 Å². The van der Waals surface area contributed by atoms with Crippen LogP contribution in [0.3, 0.4) is 0 Å². The fourth-order valence-electron chi connectivity index (χ4n) is 2.09. The summed E-state index contributed by atoms with van der Waals surface area (Å²) in [6.45, 7) is 1.33. The molecule has 0 saturated carbocycles. The van der Waals surface area contributed by atoms with Crippen LogP contribution in [0.2, 0.25) is 0 Å². The van der Waals surface area contributed by atoms with Crippen molar-refractivity contribution in [3.8, 4) is 0 Å². The van der Waals surface area contributed by atoms with Gasteiger partial charge in [-0.15, -0.1) is 10.2 Å². The molecule has 0 aliphatic carbocycles. The maximum Gasteiger partial charge on any atom is 0.270 e. The van der Waals surface area contributed by atoms with Gasteiger partial charge < -0.3 is 9.88 Å².